The van der Waals surface area contributed by atoms with Gasteiger partial charge in [-0.05, 0) is 44.4 Å². The molecule has 2 rings (SSSR count). The lowest BCUT2D eigenvalue weighted by molar-refractivity contribution is 0.0491. The summed E-state index contributed by atoms with van der Waals surface area (Å²) in [4.78, 5) is 20.8. The van der Waals surface area contributed by atoms with Gasteiger partial charge in [0.1, 0.15) is 17.2 Å². The number of ether oxygens (including phenoxy) is 1. The predicted octanol–water partition coefficient (Wildman–Crippen LogP) is 4.11. The van der Waals surface area contributed by atoms with Crippen LogP contribution >= 0.6 is 0 Å². The van der Waals surface area contributed by atoms with Crippen molar-refractivity contribution in [3.8, 4) is 0 Å². The van der Waals surface area contributed by atoms with Crippen LogP contribution in [0.4, 0.5) is 13.6 Å². The number of benzene rings is 1. The molecule has 0 saturated carbocycles. The molecule has 0 fully saturated rings. The fourth-order valence-corrected chi connectivity index (χ4v) is 2.56. The zero-order valence-electron chi connectivity index (χ0n) is 16.0. The summed E-state index contributed by atoms with van der Waals surface area (Å²) in [6.45, 7) is 11.4. The van der Waals surface area contributed by atoms with Crippen LogP contribution in [0.3, 0.4) is 0 Å². The number of nitrogens with zero attached hydrogens (tertiary/aromatic N) is 2. The van der Waals surface area contributed by atoms with Crippen molar-refractivity contribution in [2.24, 2.45) is 15.4 Å². The maximum Gasteiger partial charge on any atom is 0.408 e. The molecule has 5 nitrogen and oxygen atoms in total. The van der Waals surface area contributed by atoms with Crippen molar-refractivity contribution in [2.45, 2.75) is 53.2 Å². The Balaban J connectivity index is 2.25. The van der Waals surface area contributed by atoms with Crippen molar-refractivity contribution in [3.05, 3.63) is 35.4 Å². The Bertz CT molecular complexity index is 759. The third kappa shape index (κ3) is 5.09. The van der Waals surface area contributed by atoms with E-state index in [9.17, 15) is 13.6 Å². The number of hydrogen-bond donors (Lipinski definition) is 1. The van der Waals surface area contributed by atoms with Crippen molar-refractivity contribution in [1.29, 1.82) is 0 Å². The van der Waals surface area contributed by atoms with E-state index in [1.54, 1.807) is 20.8 Å². The van der Waals surface area contributed by atoms with E-state index in [0.29, 0.717) is 5.71 Å². The van der Waals surface area contributed by atoms with E-state index in [1.807, 2.05) is 20.8 Å². The standard InChI is InChI=1S/C19H25F2N3O2/c1-18(2,3)15(24-17(25)26-19(4,5)6)14-10-22-16(23-14)12-9-11(20)7-8-13(12)21/h7-9,15H,10H2,1-6H3,(H,24,25). The van der Waals surface area contributed by atoms with Gasteiger partial charge in [-0.2, -0.15) is 0 Å². The van der Waals surface area contributed by atoms with Crippen molar-refractivity contribution in [2.75, 3.05) is 6.54 Å². The maximum absolute atomic E-state index is 14.0. The second kappa shape index (κ2) is 7.13. The number of alkyl carbamates (subject to hydrolysis) is 1. The lowest BCUT2D eigenvalue weighted by Crippen LogP contribution is -2.51. The van der Waals surface area contributed by atoms with Gasteiger partial charge in [-0.1, -0.05) is 20.8 Å². The molecule has 1 amide bonds. The normalized spacial score (nSPS) is 16.0. The zero-order valence-corrected chi connectivity index (χ0v) is 16.0. The third-order valence-electron chi connectivity index (χ3n) is 3.67. The first-order valence-electron chi connectivity index (χ1n) is 8.43. The van der Waals surface area contributed by atoms with Crippen molar-refractivity contribution in [1.82, 2.24) is 5.32 Å². The number of halogens is 2. The quantitative estimate of drug-likeness (QED) is 0.876. The summed E-state index contributed by atoms with van der Waals surface area (Å²) in [6.07, 6.45) is -0.564. The Labute approximate surface area is 152 Å². The van der Waals surface area contributed by atoms with Gasteiger partial charge in [-0.25, -0.2) is 18.6 Å². The molecule has 0 aliphatic carbocycles. The Morgan fingerprint density at radius 2 is 1.85 bits per heavy atom. The molecular formula is C19H25F2N3O2. The molecule has 0 bridgehead atoms. The molecule has 1 aliphatic rings. The van der Waals surface area contributed by atoms with Gasteiger partial charge in [0, 0.05) is 0 Å². The summed E-state index contributed by atoms with van der Waals surface area (Å²) in [7, 11) is 0. The molecule has 0 aromatic heterocycles. The number of hydrogen-bond acceptors (Lipinski definition) is 4. The topological polar surface area (TPSA) is 63.0 Å². The molecule has 1 aromatic carbocycles. The first kappa shape index (κ1) is 20.0. The van der Waals surface area contributed by atoms with Gasteiger partial charge in [0.05, 0.1) is 23.9 Å². The average Bonchev–Trinajstić information content (AvgIpc) is 2.93. The highest BCUT2D eigenvalue weighted by Crippen LogP contribution is 2.24. The van der Waals surface area contributed by atoms with E-state index in [1.165, 1.54) is 0 Å². The third-order valence-corrected chi connectivity index (χ3v) is 3.67. The minimum atomic E-state index is -0.629. The van der Waals surface area contributed by atoms with E-state index in [0.717, 1.165) is 18.2 Å². The summed E-state index contributed by atoms with van der Waals surface area (Å²) >= 11 is 0. The molecule has 1 unspecified atom stereocenters. The summed E-state index contributed by atoms with van der Waals surface area (Å²) in [5.74, 6) is -1.04. The fraction of sp³-hybridized carbons (Fsp3) is 0.526. The summed E-state index contributed by atoms with van der Waals surface area (Å²) in [6, 6.07) is 2.69. The summed E-state index contributed by atoms with van der Waals surface area (Å²) in [5, 5.41) is 2.82. The summed E-state index contributed by atoms with van der Waals surface area (Å²) in [5.41, 5.74) is -0.427. The molecule has 0 spiro atoms. The van der Waals surface area contributed by atoms with Gasteiger partial charge in [-0.15, -0.1) is 0 Å². The van der Waals surface area contributed by atoms with Crippen LogP contribution in [0.25, 0.3) is 0 Å². The van der Waals surface area contributed by atoms with E-state index in [4.69, 9.17) is 4.74 Å². The van der Waals surface area contributed by atoms with Crippen LogP contribution < -0.4 is 5.32 Å². The highest BCUT2D eigenvalue weighted by atomic mass is 19.1. The molecule has 1 aromatic rings. The van der Waals surface area contributed by atoms with Gasteiger partial charge in [-0.3, -0.25) is 4.99 Å². The van der Waals surface area contributed by atoms with E-state index < -0.39 is 29.4 Å². The molecule has 0 radical (unpaired) electrons. The lowest BCUT2D eigenvalue weighted by Gasteiger charge is -2.32. The molecule has 0 saturated heterocycles. The molecule has 1 heterocycles. The number of nitrogens with one attached hydrogen (secondary N) is 1. The second-order valence-electron chi connectivity index (χ2n) is 8.31. The number of carbonyl (C=O) groups is 1. The first-order chi connectivity index (χ1) is 11.9. The van der Waals surface area contributed by atoms with Crippen LogP contribution in [0.15, 0.2) is 28.2 Å². The van der Waals surface area contributed by atoms with E-state index in [-0.39, 0.29) is 23.4 Å². The monoisotopic (exact) mass is 365 g/mol. The van der Waals surface area contributed by atoms with Crippen LogP contribution in [0.5, 0.6) is 0 Å². The zero-order chi connectivity index (χ0) is 19.7. The fourth-order valence-electron chi connectivity index (χ4n) is 2.56. The van der Waals surface area contributed by atoms with E-state index >= 15 is 0 Å². The molecule has 1 aliphatic heterocycles. The Kier molecular flexibility index (Phi) is 5.49. The molecule has 1 atom stereocenters. The van der Waals surface area contributed by atoms with E-state index in [2.05, 4.69) is 15.3 Å². The largest absolute Gasteiger partial charge is 0.444 e. The highest BCUT2D eigenvalue weighted by molar-refractivity contribution is 6.13. The maximum atomic E-state index is 14.0. The predicted molar refractivity (Wildman–Crippen MR) is 97.8 cm³/mol. The molecule has 142 valence electrons. The van der Waals surface area contributed by atoms with Crippen molar-refractivity contribution >= 4 is 17.6 Å². The van der Waals surface area contributed by atoms with Gasteiger partial charge in [0.25, 0.3) is 0 Å². The minimum absolute atomic E-state index is 0.00456. The minimum Gasteiger partial charge on any atom is -0.444 e. The molecule has 1 N–H and O–H groups in total. The highest BCUT2D eigenvalue weighted by Gasteiger charge is 2.34. The van der Waals surface area contributed by atoms with Gasteiger partial charge < -0.3 is 10.1 Å². The van der Waals surface area contributed by atoms with Gasteiger partial charge in [0.15, 0.2) is 5.84 Å². The number of amides is 1. The smallest absolute Gasteiger partial charge is 0.408 e. The number of aliphatic imine (C=N–C) groups is 2. The van der Waals surface area contributed by atoms with Gasteiger partial charge >= 0.3 is 6.09 Å². The van der Waals surface area contributed by atoms with Crippen LogP contribution in [0.1, 0.15) is 47.1 Å². The number of rotatable bonds is 3. The number of amidine groups is 1. The van der Waals surface area contributed by atoms with Crippen molar-refractivity contribution in [3.63, 3.8) is 0 Å². The Morgan fingerprint density at radius 1 is 1.19 bits per heavy atom. The van der Waals surface area contributed by atoms with Crippen LogP contribution in [-0.2, 0) is 4.74 Å². The van der Waals surface area contributed by atoms with Gasteiger partial charge in [0.2, 0.25) is 0 Å². The van der Waals surface area contributed by atoms with Crippen LogP contribution in [-0.4, -0.2) is 35.8 Å². The Hall–Kier alpha value is -2.31. The second-order valence-corrected chi connectivity index (χ2v) is 8.31. The Morgan fingerprint density at radius 3 is 2.42 bits per heavy atom. The average molecular weight is 365 g/mol. The van der Waals surface area contributed by atoms with Crippen molar-refractivity contribution < 1.29 is 18.3 Å². The lowest BCUT2D eigenvalue weighted by atomic mass is 9.84. The molecular weight excluding hydrogens is 340 g/mol. The number of carbonyl (C=O) groups excluding carboxylic acids is 1. The first-order valence-corrected chi connectivity index (χ1v) is 8.43. The SMILES string of the molecule is CC(C)(C)OC(=O)NC(C1=NC(c2cc(F)ccc2F)=NC1)C(C)(C)C. The summed E-state index contributed by atoms with van der Waals surface area (Å²) < 4.78 is 32.7. The van der Waals surface area contributed by atoms with Crippen LogP contribution in [0, 0.1) is 17.0 Å². The molecule has 26 heavy (non-hydrogen) atoms. The molecule has 7 heteroatoms. The van der Waals surface area contributed by atoms with Crippen LogP contribution in [0.2, 0.25) is 0 Å².